The molecule has 0 unspecified atom stereocenters. The third kappa shape index (κ3) is 11.0. The number of aromatic hydroxyl groups is 2. The Bertz CT molecular complexity index is 466. The van der Waals surface area contributed by atoms with Gasteiger partial charge in [-0.15, -0.1) is 0 Å². The van der Waals surface area contributed by atoms with E-state index in [0.717, 1.165) is 24.0 Å². The largest absolute Gasteiger partial charge is 0.508 e. The summed E-state index contributed by atoms with van der Waals surface area (Å²) < 4.78 is 0. The normalized spacial score (nSPS) is 9.09. The Kier molecular flexibility index (Phi) is 12.3. The second-order valence-corrected chi connectivity index (χ2v) is 5.10. The lowest BCUT2D eigenvalue weighted by Gasteiger charge is -2.07. The van der Waals surface area contributed by atoms with Crippen molar-refractivity contribution in [2.75, 3.05) is 0 Å². The molecular formula is C17H28O6. The van der Waals surface area contributed by atoms with E-state index in [9.17, 15) is 19.8 Å². The first-order chi connectivity index (χ1) is 10.6. The number of aliphatic carboxylic acids is 2. The van der Waals surface area contributed by atoms with Gasteiger partial charge in [0.15, 0.2) is 0 Å². The fraction of sp³-hybridized carbons (Fsp3) is 0.529. The van der Waals surface area contributed by atoms with Crippen molar-refractivity contribution in [2.24, 2.45) is 0 Å². The van der Waals surface area contributed by atoms with E-state index in [1.165, 1.54) is 0 Å². The van der Waals surface area contributed by atoms with E-state index in [4.69, 9.17) is 10.2 Å². The van der Waals surface area contributed by atoms with Crippen molar-refractivity contribution in [2.45, 2.75) is 60.3 Å². The Morgan fingerprint density at radius 3 is 1.52 bits per heavy atom. The molecule has 6 nitrogen and oxygen atoms in total. The van der Waals surface area contributed by atoms with Crippen LogP contribution < -0.4 is 0 Å². The minimum absolute atomic E-state index is 0.248. The summed E-state index contributed by atoms with van der Waals surface area (Å²) in [6, 6.07) is 1.57. The SMILES string of the molecule is CCCC(=O)O.CCCC(=O)O.Cc1cc(O)c(C)c(C)c1O. The topological polar surface area (TPSA) is 115 Å². The van der Waals surface area contributed by atoms with Crippen LogP contribution in [0.2, 0.25) is 0 Å². The summed E-state index contributed by atoms with van der Waals surface area (Å²) >= 11 is 0. The number of phenolic OH excluding ortho intramolecular Hbond substituents is 2. The molecular weight excluding hydrogens is 300 g/mol. The average molecular weight is 328 g/mol. The number of benzene rings is 1. The first-order valence-electron chi connectivity index (χ1n) is 7.50. The highest BCUT2D eigenvalue weighted by Gasteiger charge is 2.06. The van der Waals surface area contributed by atoms with Gasteiger partial charge >= 0.3 is 11.9 Å². The first kappa shape index (κ1) is 23.0. The molecule has 0 fully saturated rings. The van der Waals surface area contributed by atoms with Crippen LogP contribution in [0.3, 0.4) is 0 Å². The molecule has 0 bridgehead atoms. The van der Waals surface area contributed by atoms with Crippen LogP contribution >= 0.6 is 0 Å². The van der Waals surface area contributed by atoms with Gasteiger partial charge in [-0.05, 0) is 56.4 Å². The number of carbonyl (C=O) groups is 2. The van der Waals surface area contributed by atoms with E-state index in [2.05, 4.69) is 0 Å². The number of carboxylic acid groups (broad SMARTS) is 2. The van der Waals surface area contributed by atoms with E-state index < -0.39 is 11.9 Å². The third-order valence-corrected chi connectivity index (χ3v) is 2.96. The molecule has 6 heteroatoms. The Morgan fingerprint density at radius 1 is 0.870 bits per heavy atom. The number of aryl methyl sites for hydroxylation is 1. The van der Waals surface area contributed by atoms with Crippen LogP contribution in [-0.2, 0) is 9.59 Å². The molecule has 4 N–H and O–H groups in total. The minimum Gasteiger partial charge on any atom is -0.508 e. The predicted molar refractivity (Wildman–Crippen MR) is 89.1 cm³/mol. The summed E-state index contributed by atoms with van der Waals surface area (Å²) in [6.07, 6.45) is 2.05. The van der Waals surface area contributed by atoms with Gasteiger partial charge in [-0.2, -0.15) is 0 Å². The second kappa shape index (κ2) is 12.3. The molecule has 0 saturated carbocycles. The van der Waals surface area contributed by atoms with Crippen molar-refractivity contribution in [1.29, 1.82) is 0 Å². The van der Waals surface area contributed by atoms with Gasteiger partial charge in [0, 0.05) is 12.8 Å². The molecule has 0 aromatic heterocycles. The van der Waals surface area contributed by atoms with Gasteiger partial charge in [-0.1, -0.05) is 13.8 Å². The van der Waals surface area contributed by atoms with E-state index in [0.29, 0.717) is 18.4 Å². The van der Waals surface area contributed by atoms with Gasteiger partial charge in [0.05, 0.1) is 0 Å². The van der Waals surface area contributed by atoms with E-state index in [1.807, 2.05) is 13.8 Å². The van der Waals surface area contributed by atoms with Gasteiger partial charge in [0.25, 0.3) is 0 Å². The maximum absolute atomic E-state index is 9.60. The van der Waals surface area contributed by atoms with Crippen molar-refractivity contribution in [3.05, 3.63) is 22.8 Å². The second-order valence-electron chi connectivity index (χ2n) is 5.10. The fourth-order valence-electron chi connectivity index (χ4n) is 1.47. The zero-order chi connectivity index (χ0) is 18.6. The quantitative estimate of drug-likeness (QED) is 0.625. The zero-order valence-electron chi connectivity index (χ0n) is 14.5. The van der Waals surface area contributed by atoms with E-state index >= 15 is 0 Å². The summed E-state index contributed by atoms with van der Waals surface area (Å²) in [4.78, 5) is 19.2. The van der Waals surface area contributed by atoms with Crippen LogP contribution in [-0.4, -0.2) is 32.4 Å². The minimum atomic E-state index is -0.711. The number of hydrogen-bond donors (Lipinski definition) is 4. The summed E-state index contributed by atoms with van der Waals surface area (Å²) in [5.74, 6) is -0.895. The highest BCUT2D eigenvalue weighted by molar-refractivity contribution is 5.66. The maximum atomic E-state index is 9.60. The van der Waals surface area contributed by atoms with E-state index in [-0.39, 0.29) is 11.5 Å². The molecule has 0 saturated heterocycles. The molecule has 0 atom stereocenters. The number of phenols is 2. The number of hydrogen-bond acceptors (Lipinski definition) is 4. The Hall–Kier alpha value is -2.24. The van der Waals surface area contributed by atoms with Crippen molar-refractivity contribution in [1.82, 2.24) is 0 Å². The lowest BCUT2D eigenvalue weighted by atomic mass is 10.0. The monoisotopic (exact) mass is 328 g/mol. The average Bonchev–Trinajstić information content (AvgIpc) is 2.44. The van der Waals surface area contributed by atoms with Gasteiger partial charge in [-0.25, -0.2) is 0 Å². The highest BCUT2D eigenvalue weighted by atomic mass is 16.4. The highest BCUT2D eigenvalue weighted by Crippen LogP contribution is 2.30. The summed E-state index contributed by atoms with van der Waals surface area (Å²) in [5, 5.41) is 34.5. The lowest BCUT2D eigenvalue weighted by molar-refractivity contribution is -0.138. The molecule has 23 heavy (non-hydrogen) atoms. The maximum Gasteiger partial charge on any atom is 0.303 e. The van der Waals surface area contributed by atoms with Crippen molar-refractivity contribution in [3.63, 3.8) is 0 Å². The standard InChI is InChI=1S/C9H12O2.2C4H8O2/c1-5-4-8(10)6(2)7(3)9(5)11;2*1-2-3-4(5)6/h4,10-11H,1-3H3;2*2-3H2,1H3,(H,5,6). The lowest BCUT2D eigenvalue weighted by Crippen LogP contribution is -1.90. The Balaban J connectivity index is 0. The number of rotatable bonds is 4. The van der Waals surface area contributed by atoms with Gasteiger partial charge in [0.2, 0.25) is 0 Å². The summed E-state index contributed by atoms with van der Waals surface area (Å²) in [5.41, 5.74) is 2.21. The fourth-order valence-corrected chi connectivity index (χ4v) is 1.47. The van der Waals surface area contributed by atoms with E-state index in [1.54, 1.807) is 26.8 Å². The van der Waals surface area contributed by atoms with Crippen molar-refractivity contribution < 1.29 is 30.0 Å². The molecule has 0 amide bonds. The smallest absolute Gasteiger partial charge is 0.303 e. The van der Waals surface area contributed by atoms with Crippen LogP contribution in [0.15, 0.2) is 6.07 Å². The molecule has 1 aromatic carbocycles. The molecule has 0 aliphatic rings. The predicted octanol–water partition coefficient (Wildman–Crippen LogP) is 3.77. The van der Waals surface area contributed by atoms with Gasteiger partial charge in [0.1, 0.15) is 11.5 Å². The molecule has 0 aliphatic heterocycles. The molecule has 0 aliphatic carbocycles. The zero-order valence-corrected chi connectivity index (χ0v) is 14.5. The Morgan fingerprint density at radius 2 is 1.26 bits per heavy atom. The molecule has 0 heterocycles. The molecule has 0 spiro atoms. The summed E-state index contributed by atoms with van der Waals surface area (Å²) in [7, 11) is 0. The van der Waals surface area contributed by atoms with Crippen molar-refractivity contribution in [3.8, 4) is 11.5 Å². The molecule has 1 rings (SSSR count). The third-order valence-electron chi connectivity index (χ3n) is 2.96. The van der Waals surface area contributed by atoms with Crippen LogP contribution in [0, 0.1) is 20.8 Å². The van der Waals surface area contributed by atoms with Gasteiger partial charge < -0.3 is 20.4 Å². The summed E-state index contributed by atoms with van der Waals surface area (Å²) in [6.45, 7) is 9.02. The van der Waals surface area contributed by atoms with Crippen LogP contribution in [0.25, 0.3) is 0 Å². The van der Waals surface area contributed by atoms with Gasteiger partial charge in [-0.3, -0.25) is 9.59 Å². The Labute approximate surface area is 137 Å². The van der Waals surface area contributed by atoms with Crippen LogP contribution in [0.4, 0.5) is 0 Å². The first-order valence-corrected chi connectivity index (χ1v) is 7.50. The van der Waals surface area contributed by atoms with Crippen LogP contribution in [0.5, 0.6) is 11.5 Å². The number of carboxylic acids is 2. The molecule has 132 valence electrons. The molecule has 0 radical (unpaired) electrons. The van der Waals surface area contributed by atoms with Crippen molar-refractivity contribution >= 4 is 11.9 Å². The van der Waals surface area contributed by atoms with Crippen LogP contribution in [0.1, 0.15) is 56.2 Å². The molecule has 1 aromatic rings.